The summed E-state index contributed by atoms with van der Waals surface area (Å²) in [7, 11) is 2.11. The van der Waals surface area contributed by atoms with E-state index < -0.39 is 0 Å². The van der Waals surface area contributed by atoms with E-state index in [1.807, 2.05) is 35.0 Å². The van der Waals surface area contributed by atoms with Gasteiger partial charge in [-0.05, 0) is 7.05 Å². The number of hydrogen-bond acceptors (Lipinski definition) is 3. The van der Waals surface area contributed by atoms with Crippen LogP contribution in [0, 0.1) is 0 Å². The number of aromatic nitrogens is 3. The lowest BCUT2D eigenvalue weighted by atomic mass is 10.2. The lowest BCUT2D eigenvalue weighted by Crippen LogP contribution is -2.30. The molecule has 0 atom stereocenters. The average Bonchev–Trinajstić information content (AvgIpc) is 2.73. The van der Waals surface area contributed by atoms with Crippen molar-refractivity contribution >= 4 is 0 Å². The quantitative estimate of drug-likeness (QED) is 0.719. The summed E-state index contributed by atoms with van der Waals surface area (Å²) < 4.78 is 2.02. The maximum atomic E-state index is 4.58. The molecule has 0 spiro atoms. The van der Waals surface area contributed by atoms with Crippen LogP contribution >= 0.6 is 0 Å². The van der Waals surface area contributed by atoms with Crippen LogP contribution in [0.3, 0.4) is 0 Å². The predicted molar refractivity (Wildman–Crippen MR) is 61.8 cm³/mol. The summed E-state index contributed by atoms with van der Waals surface area (Å²) in [5, 5.41) is 4.53. The molecule has 1 aromatic heterocycles. The number of rotatable bonds is 1. The van der Waals surface area contributed by atoms with E-state index in [4.69, 9.17) is 0 Å². The number of benzene rings is 1. The van der Waals surface area contributed by atoms with Gasteiger partial charge < -0.3 is 0 Å². The van der Waals surface area contributed by atoms with Gasteiger partial charge in [0.15, 0.2) is 5.82 Å². The van der Waals surface area contributed by atoms with Crippen LogP contribution < -0.4 is 0 Å². The first-order valence-electron chi connectivity index (χ1n) is 5.50. The van der Waals surface area contributed by atoms with Gasteiger partial charge in [0.1, 0.15) is 5.82 Å². The summed E-state index contributed by atoms with van der Waals surface area (Å²) >= 11 is 0. The topological polar surface area (TPSA) is 34.0 Å². The van der Waals surface area contributed by atoms with Crippen molar-refractivity contribution in [3.05, 3.63) is 36.2 Å². The summed E-state index contributed by atoms with van der Waals surface area (Å²) in [5.41, 5.74) is 1.09. The number of fused-ring (bicyclic) bond motifs is 1. The zero-order valence-corrected chi connectivity index (χ0v) is 9.30. The Hall–Kier alpha value is -1.68. The van der Waals surface area contributed by atoms with Crippen LogP contribution in [0.5, 0.6) is 0 Å². The third-order valence-corrected chi connectivity index (χ3v) is 2.89. The van der Waals surface area contributed by atoms with E-state index in [1.165, 1.54) is 0 Å². The Balaban J connectivity index is 1.99. The molecule has 0 saturated heterocycles. The van der Waals surface area contributed by atoms with E-state index in [1.54, 1.807) is 0 Å². The standard InChI is InChI=1S/C12H14N4/c1-15-7-8-16-11(9-15)13-12(14-16)10-5-3-2-4-6-10/h2-6H,7-9H2,1H3. The maximum Gasteiger partial charge on any atom is 0.181 e. The van der Waals surface area contributed by atoms with Gasteiger partial charge in [-0.3, -0.25) is 4.90 Å². The first kappa shape index (κ1) is 9.54. The fraction of sp³-hybridized carbons (Fsp3) is 0.333. The summed E-state index contributed by atoms with van der Waals surface area (Å²) in [6, 6.07) is 10.1. The SMILES string of the molecule is CN1CCn2nc(-c3ccccc3)nc2C1. The van der Waals surface area contributed by atoms with Gasteiger partial charge in [0.05, 0.1) is 13.1 Å². The highest BCUT2D eigenvalue weighted by molar-refractivity contribution is 5.54. The molecule has 0 unspecified atom stereocenters. The highest BCUT2D eigenvalue weighted by Crippen LogP contribution is 2.17. The van der Waals surface area contributed by atoms with Crippen molar-refractivity contribution in [1.82, 2.24) is 19.7 Å². The molecule has 0 N–H and O–H groups in total. The number of nitrogens with zero attached hydrogens (tertiary/aromatic N) is 4. The van der Waals surface area contributed by atoms with Crippen LogP contribution in [0.1, 0.15) is 5.82 Å². The number of hydrogen-bond donors (Lipinski definition) is 0. The normalized spacial score (nSPS) is 16.1. The van der Waals surface area contributed by atoms with Gasteiger partial charge >= 0.3 is 0 Å². The minimum absolute atomic E-state index is 0.839. The van der Waals surface area contributed by atoms with Crippen LogP contribution in [0.15, 0.2) is 30.3 Å². The Morgan fingerprint density at radius 3 is 2.75 bits per heavy atom. The van der Waals surface area contributed by atoms with Crippen LogP contribution in [-0.2, 0) is 13.1 Å². The third kappa shape index (κ3) is 1.61. The summed E-state index contributed by atoms with van der Waals surface area (Å²) in [6.45, 7) is 2.87. The summed E-state index contributed by atoms with van der Waals surface area (Å²) in [6.07, 6.45) is 0. The van der Waals surface area contributed by atoms with Crippen molar-refractivity contribution in [3.8, 4) is 11.4 Å². The Bertz CT molecular complexity index is 489. The monoisotopic (exact) mass is 214 g/mol. The van der Waals surface area contributed by atoms with E-state index >= 15 is 0 Å². The van der Waals surface area contributed by atoms with Crippen molar-refractivity contribution < 1.29 is 0 Å². The molecule has 0 fully saturated rings. The molecule has 82 valence electrons. The number of likely N-dealkylation sites (N-methyl/N-ethyl adjacent to an activating group) is 1. The smallest absolute Gasteiger partial charge is 0.181 e. The molecule has 0 saturated carbocycles. The first-order chi connectivity index (χ1) is 7.83. The molecule has 1 aromatic carbocycles. The largest absolute Gasteiger partial charge is 0.297 e. The molecule has 0 aliphatic carbocycles. The van der Waals surface area contributed by atoms with Crippen molar-refractivity contribution in [3.63, 3.8) is 0 Å². The van der Waals surface area contributed by atoms with E-state index in [-0.39, 0.29) is 0 Å². The zero-order valence-electron chi connectivity index (χ0n) is 9.30. The summed E-state index contributed by atoms with van der Waals surface area (Å²) in [4.78, 5) is 6.84. The van der Waals surface area contributed by atoms with E-state index in [9.17, 15) is 0 Å². The van der Waals surface area contributed by atoms with Crippen molar-refractivity contribution in [2.24, 2.45) is 0 Å². The zero-order chi connectivity index (χ0) is 11.0. The van der Waals surface area contributed by atoms with Crippen LogP contribution in [0.4, 0.5) is 0 Å². The Morgan fingerprint density at radius 1 is 1.12 bits per heavy atom. The highest BCUT2D eigenvalue weighted by atomic mass is 15.4. The Kier molecular flexibility index (Phi) is 2.22. The molecule has 0 radical (unpaired) electrons. The van der Waals surface area contributed by atoms with Crippen molar-refractivity contribution in [1.29, 1.82) is 0 Å². The molecule has 16 heavy (non-hydrogen) atoms. The van der Waals surface area contributed by atoms with Gasteiger partial charge in [-0.15, -0.1) is 0 Å². The van der Waals surface area contributed by atoms with Gasteiger partial charge in [-0.1, -0.05) is 30.3 Å². The summed E-state index contributed by atoms with van der Waals surface area (Å²) in [5.74, 6) is 1.90. The highest BCUT2D eigenvalue weighted by Gasteiger charge is 2.17. The van der Waals surface area contributed by atoms with Gasteiger partial charge in [0.2, 0.25) is 0 Å². The molecule has 2 heterocycles. The second-order valence-electron chi connectivity index (χ2n) is 4.18. The lowest BCUT2D eigenvalue weighted by Gasteiger charge is -2.21. The van der Waals surface area contributed by atoms with Gasteiger partial charge in [-0.2, -0.15) is 5.10 Å². The molecular formula is C12H14N4. The van der Waals surface area contributed by atoms with E-state index in [0.29, 0.717) is 0 Å². The second-order valence-corrected chi connectivity index (χ2v) is 4.18. The fourth-order valence-corrected chi connectivity index (χ4v) is 1.97. The molecule has 1 aliphatic rings. The van der Waals surface area contributed by atoms with Crippen LogP contribution in [0.25, 0.3) is 11.4 Å². The van der Waals surface area contributed by atoms with E-state index in [0.717, 1.165) is 36.8 Å². The van der Waals surface area contributed by atoms with Gasteiger partial charge in [0, 0.05) is 12.1 Å². The van der Waals surface area contributed by atoms with Gasteiger partial charge in [0.25, 0.3) is 0 Å². The predicted octanol–water partition coefficient (Wildman–Crippen LogP) is 1.39. The van der Waals surface area contributed by atoms with Gasteiger partial charge in [-0.25, -0.2) is 9.67 Å². The first-order valence-corrected chi connectivity index (χ1v) is 5.50. The van der Waals surface area contributed by atoms with E-state index in [2.05, 4.69) is 22.0 Å². The molecule has 4 nitrogen and oxygen atoms in total. The second kappa shape index (κ2) is 3.72. The van der Waals surface area contributed by atoms with Crippen LogP contribution in [0.2, 0.25) is 0 Å². The molecule has 0 amide bonds. The minimum Gasteiger partial charge on any atom is -0.297 e. The maximum absolute atomic E-state index is 4.58. The lowest BCUT2D eigenvalue weighted by molar-refractivity contribution is 0.254. The Labute approximate surface area is 94.5 Å². The van der Waals surface area contributed by atoms with Crippen molar-refractivity contribution in [2.75, 3.05) is 13.6 Å². The van der Waals surface area contributed by atoms with Crippen molar-refractivity contribution in [2.45, 2.75) is 13.1 Å². The fourth-order valence-electron chi connectivity index (χ4n) is 1.97. The molecular weight excluding hydrogens is 200 g/mol. The minimum atomic E-state index is 0.839. The molecule has 2 aromatic rings. The Morgan fingerprint density at radius 2 is 1.94 bits per heavy atom. The van der Waals surface area contributed by atoms with Crippen LogP contribution in [-0.4, -0.2) is 33.3 Å². The molecule has 4 heteroatoms. The molecule has 0 bridgehead atoms. The average molecular weight is 214 g/mol. The molecule has 3 rings (SSSR count). The molecule has 1 aliphatic heterocycles. The third-order valence-electron chi connectivity index (χ3n) is 2.89.